The largest absolute Gasteiger partial charge is 0.508 e. The molecule has 23 heavy (non-hydrogen) atoms. The van der Waals surface area contributed by atoms with E-state index in [0.717, 1.165) is 10.9 Å². The average Bonchev–Trinajstić information content (AvgIpc) is 2.60. The molecule has 0 aliphatic rings. The molecule has 0 fully saturated rings. The highest BCUT2D eigenvalue weighted by atomic mass is 19.1. The number of halogens is 1. The van der Waals surface area contributed by atoms with Gasteiger partial charge >= 0.3 is 0 Å². The first-order valence-electron chi connectivity index (χ1n) is 7.30. The number of para-hydroxylation sites is 1. The predicted molar refractivity (Wildman–Crippen MR) is 87.5 cm³/mol. The van der Waals surface area contributed by atoms with Crippen molar-refractivity contribution in [2.45, 2.75) is 12.3 Å². The van der Waals surface area contributed by atoms with E-state index in [-0.39, 0.29) is 11.5 Å². The van der Waals surface area contributed by atoms with Gasteiger partial charge in [-0.15, -0.1) is 0 Å². The van der Waals surface area contributed by atoms with Gasteiger partial charge in [-0.3, -0.25) is 9.78 Å². The molecule has 0 spiro atoms. The smallest absolute Gasteiger partial charge is 0.177 e. The van der Waals surface area contributed by atoms with Crippen molar-refractivity contribution in [2.24, 2.45) is 0 Å². The quantitative estimate of drug-likeness (QED) is 0.740. The van der Waals surface area contributed by atoms with Crippen molar-refractivity contribution in [3.63, 3.8) is 0 Å². The Morgan fingerprint density at radius 1 is 1.17 bits per heavy atom. The number of nitrogens with zero attached hydrogens (tertiary/aromatic N) is 1. The maximum atomic E-state index is 13.8. The van der Waals surface area contributed by atoms with Crippen LogP contribution in [0.15, 0.2) is 60.8 Å². The van der Waals surface area contributed by atoms with Gasteiger partial charge in [0.25, 0.3) is 0 Å². The van der Waals surface area contributed by atoms with E-state index in [1.165, 1.54) is 18.3 Å². The van der Waals surface area contributed by atoms with Crippen LogP contribution in [-0.4, -0.2) is 22.5 Å². The summed E-state index contributed by atoms with van der Waals surface area (Å²) in [5, 5.41) is 10.2. The third-order valence-electron chi connectivity index (χ3n) is 4.13. The first kappa shape index (κ1) is 15.2. The Hall–Kier alpha value is -2.75. The summed E-state index contributed by atoms with van der Waals surface area (Å²) in [6, 6.07) is 15.3. The number of aromatic nitrogens is 1. The maximum absolute atomic E-state index is 13.8. The van der Waals surface area contributed by atoms with Crippen LogP contribution >= 0.6 is 0 Å². The molecule has 1 heterocycles. The lowest BCUT2D eigenvalue weighted by Crippen LogP contribution is -2.35. The molecular weight excluding hydrogens is 293 g/mol. The van der Waals surface area contributed by atoms with Gasteiger partial charge in [0.1, 0.15) is 12.4 Å². The third-order valence-corrected chi connectivity index (χ3v) is 4.13. The summed E-state index contributed by atoms with van der Waals surface area (Å²) in [7, 11) is 0. The molecule has 1 aromatic heterocycles. The molecular formula is C19H16FNO2. The average molecular weight is 309 g/mol. The van der Waals surface area contributed by atoms with Crippen LogP contribution in [0.4, 0.5) is 4.39 Å². The molecule has 2 aromatic carbocycles. The van der Waals surface area contributed by atoms with E-state index in [2.05, 4.69) is 4.98 Å². The van der Waals surface area contributed by atoms with E-state index in [1.807, 2.05) is 24.3 Å². The highest BCUT2D eigenvalue weighted by Gasteiger charge is 2.36. The van der Waals surface area contributed by atoms with Gasteiger partial charge in [-0.25, -0.2) is 4.39 Å². The molecule has 116 valence electrons. The Balaban J connectivity index is 2.05. The number of fused-ring (bicyclic) bond motifs is 1. The van der Waals surface area contributed by atoms with Crippen LogP contribution in [0.25, 0.3) is 10.9 Å². The van der Waals surface area contributed by atoms with Crippen LogP contribution in [0.3, 0.4) is 0 Å². The van der Waals surface area contributed by atoms with Gasteiger partial charge in [-0.05, 0) is 36.8 Å². The van der Waals surface area contributed by atoms with E-state index in [4.69, 9.17) is 0 Å². The number of hydrogen-bond acceptors (Lipinski definition) is 3. The van der Waals surface area contributed by atoms with Crippen molar-refractivity contribution in [1.82, 2.24) is 4.98 Å². The van der Waals surface area contributed by atoms with Crippen molar-refractivity contribution in [3.8, 4) is 5.75 Å². The molecule has 1 atom stereocenters. The number of Topliss-reactive ketones (excluding diaryl/α,β-unsaturated/α-hetero) is 1. The second kappa shape index (κ2) is 5.80. The highest BCUT2D eigenvalue weighted by Crippen LogP contribution is 2.30. The first-order valence-corrected chi connectivity index (χ1v) is 7.30. The van der Waals surface area contributed by atoms with Crippen LogP contribution in [0, 0.1) is 0 Å². The number of hydrogen-bond donors (Lipinski definition) is 1. The number of phenolic OH excluding ortho intramolecular Hbond substituents is 1. The fourth-order valence-corrected chi connectivity index (χ4v) is 2.61. The normalized spacial score (nSPS) is 13.7. The summed E-state index contributed by atoms with van der Waals surface area (Å²) in [6.45, 7) is 0.736. The highest BCUT2D eigenvalue weighted by molar-refractivity contribution is 6.05. The zero-order valence-electron chi connectivity index (χ0n) is 12.7. The first-order chi connectivity index (χ1) is 11.0. The van der Waals surface area contributed by atoms with Crippen LogP contribution in [0.2, 0.25) is 0 Å². The molecule has 0 aliphatic carbocycles. The van der Waals surface area contributed by atoms with Gasteiger partial charge < -0.3 is 5.11 Å². The molecule has 0 amide bonds. The zero-order valence-corrected chi connectivity index (χ0v) is 12.7. The van der Waals surface area contributed by atoms with E-state index >= 15 is 0 Å². The minimum Gasteiger partial charge on any atom is -0.508 e. The predicted octanol–water partition coefficient (Wildman–Crippen LogP) is 4.05. The van der Waals surface area contributed by atoms with E-state index < -0.39 is 12.1 Å². The minimum atomic E-state index is -1.31. The number of alkyl halides is 1. The molecule has 3 aromatic rings. The fourth-order valence-electron chi connectivity index (χ4n) is 2.61. The van der Waals surface area contributed by atoms with Crippen molar-refractivity contribution in [1.29, 1.82) is 0 Å². The lowest BCUT2D eigenvalue weighted by molar-refractivity contribution is 0.0871. The summed E-state index contributed by atoms with van der Waals surface area (Å²) in [5.41, 5.74) is 0.376. The SMILES string of the molecule is CC(CF)(C(=O)c1cnc2ccccc2c1)c1ccc(O)cc1. The van der Waals surface area contributed by atoms with E-state index in [0.29, 0.717) is 11.1 Å². The van der Waals surface area contributed by atoms with Crippen molar-refractivity contribution < 1.29 is 14.3 Å². The van der Waals surface area contributed by atoms with E-state index in [1.54, 1.807) is 25.1 Å². The Bertz CT molecular complexity index is 861. The Morgan fingerprint density at radius 3 is 2.57 bits per heavy atom. The molecule has 0 aliphatic heterocycles. The van der Waals surface area contributed by atoms with Crippen LogP contribution in [0.5, 0.6) is 5.75 Å². The lowest BCUT2D eigenvalue weighted by atomic mass is 9.77. The van der Waals surface area contributed by atoms with Gasteiger partial charge in [-0.2, -0.15) is 0 Å². The number of benzene rings is 2. The molecule has 3 nitrogen and oxygen atoms in total. The summed E-state index contributed by atoms with van der Waals surface area (Å²) in [4.78, 5) is 17.2. The second-order valence-corrected chi connectivity index (χ2v) is 5.76. The lowest BCUT2D eigenvalue weighted by Gasteiger charge is -2.25. The number of ketones is 1. The Morgan fingerprint density at radius 2 is 1.87 bits per heavy atom. The number of carbonyl (C=O) groups is 1. The third kappa shape index (κ3) is 2.68. The van der Waals surface area contributed by atoms with Crippen molar-refractivity contribution >= 4 is 16.7 Å². The van der Waals surface area contributed by atoms with Gasteiger partial charge in [0.2, 0.25) is 0 Å². The number of rotatable bonds is 4. The number of pyridine rings is 1. The number of aromatic hydroxyl groups is 1. The molecule has 1 unspecified atom stereocenters. The van der Waals surface area contributed by atoms with Crippen LogP contribution in [0.1, 0.15) is 22.8 Å². The summed E-state index contributed by atoms with van der Waals surface area (Å²) in [5.74, 6) is -0.251. The summed E-state index contributed by atoms with van der Waals surface area (Å²) >= 11 is 0. The molecule has 0 saturated heterocycles. The zero-order chi connectivity index (χ0) is 16.4. The summed E-state index contributed by atoms with van der Waals surface area (Å²) in [6.07, 6.45) is 1.49. The molecule has 0 bridgehead atoms. The van der Waals surface area contributed by atoms with Crippen molar-refractivity contribution in [3.05, 3.63) is 71.9 Å². The van der Waals surface area contributed by atoms with Gasteiger partial charge in [0.15, 0.2) is 5.78 Å². The monoisotopic (exact) mass is 309 g/mol. The van der Waals surface area contributed by atoms with Gasteiger partial charge in [0.05, 0.1) is 10.9 Å². The molecule has 1 N–H and O–H groups in total. The fraction of sp³-hybridized carbons (Fsp3) is 0.158. The Kier molecular flexibility index (Phi) is 3.82. The summed E-state index contributed by atoms with van der Waals surface area (Å²) < 4.78 is 13.8. The van der Waals surface area contributed by atoms with E-state index in [9.17, 15) is 14.3 Å². The second-order valence-electron chi connectivity index (χ2n) is 5.76. The van der Waals surface area contributed by atoms with Gasteiger partial charge in [0, 0.05) is 17.1 Å². The standard InChI is InChI=1S/C19H16FNO2/c1-19(12-20,15-6-8-16(22)9-7-15)18(23)14-10-13-4-2-3-5-17(13)21-11-14/h2-11,22H,12H2,1H3. The van der Waals surface area contributed by atoms with Gasteiger partial charge in [-0.1, -0.05) is 30.3 Å². The number of carbonyl (C=O) groups excluding carboxylic acids is 1. The topological polar surface area (TPSA) is 50.2 Å². The molecule has 3 rings (SSSR count). The minimum absolute atomic E-state index is 0.0785. The van der Waals surface area contributed by atoms with Crippen LogP contribution < -0.4 is 0 Å². The maximum Gasteiger partial charge on any atom is 0.177 e. The molecule has 0 saturated carbocycles. The Labute approximate surface area is 133 Å². The van der Waals surface area contributed by atoms with Crippen LogP contribution in [-0.2, 0) is 5.41 Å². The molecule has 0 radical (unpaired) electrons. The van der Waals surface area contributed by atoms with Crippen molar-refractivity contribution in [2.75, 3.05) is 6.67 Å². The molecule has 4 heteroatoms. The number of phenols is 1.